The van der Waals surface area contributed by atoms with Crippen LogP contribution in [0.3, 0.4) is 0 Å². The van der Waals surface area contributed by atoms with Crippen molar-refractivity contribution in [3.05, 3.63) is 74.5 Å². The van der Waals surface area contributed by atoms with E-state index in [1.54, 1.807) is 32.0 Å². The number of halogens is 2. The molecule has 0 bridgehead atoms. The van der Waals surface area contributed by atoms with Gasteiger partial charge in [-0.15, -0.1) is 0 Å². The van der Waals surface area contributed by atoms with E-state index in [2.05, 4.69) is 5.32 Å². The molecular weight excluding hydrogens is 335 g/mol. The third kappa shape index (κ3) is 3.89. The van der Waals surface area contributed by atoms with Gasteiger partial charge in [-0.1, -0.05) is 43.6 Å². The largest absolute Gasteiger partial charge is 0.351 e. The van der Waals surface area contributed by atoms with Crippen LogP contribution in [0.25, 0.3) is 0 Å². The van der Waals surface area contributed by atoms with E-state index in [1.807, 2.05) is 0 Å². The molecule has 0 aliphatic heterocycles. The van der Waals surface area contributed by atoms with E-state index in [0.717, 1.165) is 6.07 Å². The summed E-state index contributed by atoms with van der Waals surface area (Å²) < 4.78 is 13.9. The van der Waals surface area contributed by atoms with Crippen LogP contribution in [-0.2, 0) is 5.41 Å². The van der Waals surface area contributed by atoms with E-state index in [1.165, 1.54) is 18.2 Å². The third-order valence-corrected chi connectivity index (χ3v) is 4.02. The first-order chi connectivity index (χ1) is 11.2. The van der Waals surface area contributed by atoms with E-state index in [0.29, 0.717) is 5.56 Å². The Labute approximate surface area is 143 Å². The zero-order valence-corrected chi connectivity index (χ0v) is 13.9. The molecule has 0 saturated heterocycles. The molecule has 0 aromatic heterocycles. The number of hydrogen-bond donors (Lipinski definition) is 1. The summed E-state index contributed by atoms with van der Waals surface area (Å²) in [7, 11) is 0. The van der Waals surface area contributed by atoms with Crippen molar-refractivity contribution in [2.75, 3.05) is 6.54 Å². The van der Waals surface area contributed by atoms with Crippen molar-refractivity contribution in [2.45, 2.75) is 19.3 Å². The minimum Gasteiger partial charge on any atom is -0.351 e. The summed E-state index contributed by atoms with van der Waals surface area (Å²) in [6, 6.07) is 10.2. The molecule has 0 unspecified atom stereocenters. The van der Waals surface area contributed by atoms with Gasteiger partial charge in [0.25, 0.3) is 11.6 Å². The van der Waals surface area contributed by atoms with Crippen LogP contribution in [0.15, 0.2) is 42.5 Å². The van der Waals surface area contributed by atoms with Crippen LogP contribution in [0.1, 0.15) is 29.8 Å². The van der Waals surface area contributed by atoms with Crippen LogP contribution in [-0.4, -0.2) is 17.4 Å². The molecule has 2 rings (SSSR count). The van der Waals surface area contributed by atoms with E-state index in [-0.39, 0.29) is 28.6 Å². The van der Waals surface area contributed by atoms with Crippen molar-refractivity contribution in [1.29, 1.82) is 0 Å². The van der Waals surface area contributed by atoms with Crippen molar-refractivity contribution in [3.8, 4) is 0 Å². The number of benzene rings is 2. The van der Waals surface area contributed by atoms with Crippen LogP contribution < -0.4 is 5.32 Å². The first-order valence-corrected chi connectivity index (χ1v) is 7.57. The number of hydrogen-bond acceptors (Lipinski definition) is 3. The molecule has 2 aromatic carbocycles. The molecule has 0 aliphatic carbocycles. The second-order valence-electron chi connectivity index (χ2n) is 5.97. The summed E-state index contributed by atoms with van der Waals surface area (Å²) in [5.41, 5.74) is -0.375. The fourth-order valence-corrected chi connectivity index (χ4v) is 2.49. The van der Waals surface area contributed by atoms with Gasteiger partial charge in [-0.3, -0.25) is 14.9 Å². The van der Waals surface area contributed by atoms with Crippen molar-refractivity contribution in [1.82, 2.24) is 5.32 Å². The van der Waals surface area contributed by atoms with Gasteiger partial charge in [-0.05, 0) is 23.8 Å². The highest BCUT2D eigenvalue weighted by molar-refractivity contribution is 6.32. The SMILES string of the molecule is CC(C)(CNC(=O)c1ccc(Cl)c([N+](=O)[O-])c1)c1ccccc1F. The van der Waals surface area contributed by atoms with Crippen LogP contribution >= 0.6 is 11.6 Å². The van der Waals surface area contributed by atoms with Crippen molar-refractivity contribution < 1.29 is 14.1 Å². The third-order valence-electron chi connectivity index (χ3n) is 3.70. The van der Waals surface area contributed by atoms with Crippen molar-refractivity contribution >= 4 is 23.2 Å². The summed E-state index contributed by atoms with van der Waals surface area (Å²) in [6.45, 7) is 3.77. The van der Waals surface area contributed by atoms with E-state index >= 15 is 0 Å². The van der Waals surface area contributed by atoms with Gasteiger partial charge in [0, 0.05) is 23.6 Å². The summed E-state index contributed by atoms with van der Waals surface area (Å²) in [6.07, 6.45) is 0. The number of carbonyl (C=O) groups is 1. The fourth-order valence-electron chi connectivity index (χ4n) is 2.30. The molecule has 0 aliphatic rings. The monoisotopic (exact) mass is 350 g/mol. The number of nitro groups is 1. The predicted molar refractivity (Wildman–Crippen MR) is 89.9 cm³/mol. The van der Waals surface area contributed by atoms with Gasteiger partial charge < -0.3 is 5.32 Å². The molecule has 0 radical (unpaired) electrons. The first kappa shape index (κ1) is 17.9. The van der Waals surface area contributed by atoms with Gasteiger partial charge in [-0.2, -0.15) is 0 Å². The van der Waals surface area contributed by atoms with Gasteiger partial charge >= 0.3 is 0 Å². The molecule has 126 valence electrons. The topological polar surface area (TPSA) is 72.2 Å². The molecule has 0 atom stereocenters. The average molecular weight is 351 g/mol. The number of nitrogens with zero attached hydrogens (tertiary/aromatic N) is 1. The lowest BCUT2D eigenvalue weighted by atomic mass is 9.84. The van der Waals surface area contributed by atoms with Gasteiger partial charge in [0.15, 0.2) is 0 Å². The lowest BCUT2D eigenvalue weighted by Crippen LogP contribution is -2.37. The Morgan fingerprint density at radius 2 is 1.96 bits per heavy atom. The molecule has 0 saturated carbocycles. The Kier molecular flexibility index (Phi) is 5.19. The second-order valence-corrected chi connectivity index (χ2v) is 6.38. The normalized spacial score (nSPS) is 11.2. The van der Waals surface area contributed by atoms with Crippen LogP contribution in [0.5, 0.6) is 0 Å². The Morgan fingerprint density at radius 3 is 2.58 bits per heavy atom. The Bertz CT molecular complexity index is 793. The van der Waals surface area contributed by atoms with Gasteiger partial charge in [0.1, 0.15) is 10.8 Å². The molecule has 2 aromatic rings. The van der Waals surface area contributed by atoms with Gasteiger partial charge in [0.05, 0.1) is 4.92 Å². The molecule has 0 fully saturated rings. The Morgan fingerprint density at radius 1 is 1.29 bits per heavy atom. The quantitative estimate of drug-likeness (QED) is 0.652. The molecule has 1 amide bonds. The fraction of sp³-hybridized carbons (Fsp3) is 0.235. The van der Waals surface area contributed by atoms with E-state index in [4.69, 9.17) is 11.6 Å². The number of carbonyl (C=O) groups excluding carboxylic acids is 1. The Hall–Kier alpha value is -2.47. The van der Waals surface area contributed by atoms with Crippen molar-refractivity contribution in [3.63, 3.8) is 0 Å². The highest BCUT2D eigenvalue weighted by Crippen LogP contribution is 2.26. The second kappa shape index (κ2) is 6.97. The number of amides is 1. The lowest BCUT2D eigenvalue weighted by Gasteiger charge is -2.26. The summed E-state index contributed by atoms with van der Waals surface area (Å²) in [4.78, 5) is 22.5. The van der Waals surface area contributed by atoms with Gasteiger partial charge in [0.2, 0.25) is 0 Å². The van der Waals surface area contributed by atoms with Crippen LogP contribution in [0, 0.1) is 15.9 Å². The van der Waals surface area contributed by atoms with E-state index in [9.17, 15) is 19.3 Å². The maximum Gasteiger partial charge on any atom is 0.288 e. The summed E-state index contributed by atoms with van der Waals surface area (Å²) in [5.74, 6) is -0.835. The zero-order chi connectivity index (χ0) is 17.9. The minimum absolute atomic E-state index is 0.0387. The summed E-state index contributed by atoms with van der Waals surface area (Å²) in [5, 5.41) is 13.5. The summed E-state index contributed by atoms with van der Waals surface area (Å²) >= 11 is 5.73. The minimum atomic E-state index is -0.650. The maximum atomic E-state index is 13.9. The molecular formula is C17H16ClFN2O3. The molecule has 5 nitrogen and oxygen atoms in total. The molecule has 24 heavy (non-hydrogen) atoms. The number of nitro benzene ring substituents is 1. The standard InChI is InChI=1S/C17H16ClFN2O3/c1-17(2,12-5-3-4-6-14(12)19)10-20-16(22)11-7-8-13(18)15(9-11)21(23)24/h3-9H,10H2,1-2H3,(H,20,22). The number of nitrogens with one attached hydrogen (secondary N) is 1. The smallest absolute Gasteiger partial charge is 0.288 e. The lowest BCUT2D eigenvalue weighted by molar-refractivity contribution is -0.384. The van der Waals surface area contributed by atoms with Crippen molar-refractivity contribution in [2.24, 2.45) is 0 Å². The van der Waals surface area contributed by atoms with Crippen LogP contribution in [0.2, 0.25) is 5.02 Å². The zero-order valence-electron chi connectivity index (χ0n) is 13.2. The number of rotatable bonds is 5. The molecule has 7 heteroatoms. The Balaban J connectivity index is 2.15. The molecule has 0 spiro atoms. The molecule has 1 N–H and O–H groups in total. The highest BCUT2D eigenvalue weighted by Gasteiger charge is 2.25. The first-order valence-electron chi connectivity index (χ1n) is 7.19. The average Bonchev–Trinajstić information content (AvgIpc) is 2.53. The van der Waals surface area contributed by atoms with E-state index < -0.39 is 16.2 Å². The molecule has 0 heterocycles. The van der Waals surface area contributed by atoms with Crippen LogP contribution in [0.4, 0.5) is 10.1 Å². The van der Waals surface area contributed by atoms with Gasteiger partial charge in [-0.25, -0.2) is 4.39 Å². The predicted octanol–water partition coefficient (Wildman–Crippen LogP) is 4.09. The highest BCUT2D eigenvalue weighted by atomic mass is 35.5. The maximum absolute atomic E-state index is 13.9.